The van der Waals surface area contributed by atoms with Crippen LogP contribution in [0.4, 0.5) is 13.2 Å². The number of aromatic nitrogens is 1. The maximum absolute atomic E-state index is 12.8. The van der Waals surface area contributed by atoms with Gasteiger partial charge in [0.25, 0.3) is 0 Å². The fourth-order valence-electron chi connectivity index (χ4n) is 4.48. The zero-order valence-corrected chi connectivity index (χ0v) is 18.0. The summed E-state index contributed by atoms with van der Waals surface area (Å²) in [6, 6.07) is 1.72. The van der Waals surface area contributed by atoms with E-state index < -0.39 is 27.7 Å². The molecule has 11 heteroatoms. The van der Waals surface area contributed by atoms with Gasteiger partial charge in [-0.15, -0.1) is 0 Å². The molecule has 1 atom stereocenters. The highest BCUT2D eigenvalue weighted by atomic mass is 32.2. The maximum Gasteiger partial charge on any atom is 0.433 e. The van der Waals surface area contributed by atoms with Crippen molar-refractivity contribution in [3.63, 3.8) is 0 Å². The first-order chi connectivity index (χ1) is 13.8. The molecule has 0 aromatic carbocycles. The van der Waals surface area contributed by atoms with Crippen LogP contribution in [0.1, 0.15) is 31.7 Å². The van der Waals surface area contributed by atoms with Gasteiger partial charge in [-0.25, -0.2) is 13.4 Å². The van der Waals surface area contributed by atoms with E-state index in [1.807, 2.05) is 13.8 Å². The molecule has 1 spiro atoms. The van der Waals surface area contributed by atoms with Crippen molar-refractivity contribution in [3.05, 3.63) is 23.5 Å². The zero-order valence-electron chi connectivity index (χ0n) is 17.2. The van der Waals surface area contributed by atoms with E-state index in [2.05, 4.69) is 9.88 Å². The largest absolute Gasteiger partial charge is 0.433 e. The highest BCUT2D eigenvalue weighted by molar-refractivity contribution is 7.89. The van der Waals surface area contributed by atoms with Crippen molar-refractivity contribution in [2.45, 2.75) is 50.2 Å². The SMILES string of the molecule is Cc1nc(C(F)(F)F)ccc1S(=O)(=O)N1CC2(CN(CCC3COC(C)(C)O3)C2)C1. The molecule has 0 bridgehead atoms. The second-order valence-corrected chi connectivity index (χ2v) is 10.9. The van der Waals surface area contributed by atoms with Gasteiger partial charge in [-0.3, -0.25) is 0 Å². The smallest absolute Gasteiger partial charge is 0.348 e. The Morgan fingerprint density at radius 3 is 2.40 bits per heavy atom. The van der Waals surface area contributed by atoms with Gasteiger partial charge in [-0.1, -0.05) is 0 Å². The molecular weight excluding hydrogens is 423 g/mol. The standard InChI is InChI=1S/C19H26F3N3O4S/c1-13-15(4-5-16(23-13)19(20,21)22)30(26,27)25-11-18(12-25)9-24(10-18)7-6-14-8-28-17(2,3)29-14/h4-5,14H,6-12H2,1-3H3. The minimum absolute atomic E-state index is 0.0629. The number of pyridine rings is 1. The zero-order chi connectivity index (χ0) is 21.9. The molecule has 3 fully saturated rings. The molecule has 0 aliphatic carbocycles. The molecule has 3 aliphatic rings. The van der Waals surface area contributed by atoms with Gasteiger partial charge in [0.05, 0.1) is 18.4 Å². The molecule has 7 nitrogen and oxygen atoms in total. The van der Waals surface area contributed by atoms with E-state index >= 15 is 0 Å². The van der Waals surface area contributed by atoms with Crippen molar-refractivity contribution in [3.8, 4) is 0 Å². The lowest BCUT2D eigenvalue weighted by molar-refractivity contribution is -0.142. The second-order valence-electron chi connectivity index (χ2n) is 9.00. The van der Waals surface area contributed by atoms with Gasteiger partial charge in [-0.05, 0) is 39.3 Å². The summed E-state index contributed by atoms with van der Waals surface area (Å²) in [5, 5.41) is 0. The number of alkyl halides is 3. The van der Waals surface area contributed by atoms with Crippen molar-refractivity contribution >= 4 is 10.0 Å². The van der Waals surface area contributed by atoms with Crippen molar-refractivity contribution in [2.75, 3.05) is 39.3 Å². The van der Waals surface area contributed by atoms with Gasteiger partial charge in [0, 0.05) is 38.1 Å². The topological polar surface area (TPSA) is 72.0 Å². The molecule has 4 heterocycles. The molecule has 0 saturated carbocycles. The lowest BCUT2D eigenvalue weighted by atomic mass is 9.74. The molecule has 1 aromatic rings. The monoisotopic (exact) mass is 449 g/mol. The van der Waals surface area contributed by atoms with E-state index in [0.29, 0.717) is 19.7 Å². The summed E-state index contributed by atoms with van der Waals surface area (Å²) >= 11 is 0. The van der Waals surface area contributed by atoms with Crippen LogP contribution in [0.5, 0.6) is 0 Å². The first-order valence-corrected chi connectivity index (χ1v) is 11.3. The molecule has 1 unspecified atom stereocenters. The highest BCUT2D eigenvalue weighted by Crippen LogP contribution is 2.43. The fourth-order valence-corrected chi connectivity index (χ4v) is 6.31. The summed E-state index contributed by atoms with van der Waals surface area (Å²) in [5.74, 6) is -0.533. The van der Waals surface area contributed by atoms with Crippen LogP contribution in [0, 0.1) is 12.3 Å². The number of ether oxygens (including phenoxy) is 2. The van der Waals surface area contributed by atoms with Crippen LogP contribution in [0.3, 0.4) is 0 Å². The molecule has 0 N–H and O–H groups in total. The van der Waals surface area contributed by atoms with Crippen LogP contribution in [0.2, 0.25) is 0 Å². The third kappa shape index (κ3) is 4.10. The summed E-state index contributed by atoms with van der Waals surface area (Å²) in [6.07, 6.45) is -3.67. The number of aryl methyl sites for hydroxylation is 1. The Morgan fingerprint density at radius 1 is 1.20 bits per heavy atom. The highest BCUT2D eigenvalue weighted by Gasteiger charge is 2.55. The third-order valence-corrected chi connectivity index (χ3v) is 7.85. The van der Waals surface area contributed by atoms with E-state index in [-0.39, 0.29) is 22.1 Å². The summed E-state index contributed by atoms with van der Waals surface area (Å²) < 4.78 is 76.7. The molecule has 168 valence electrons. The van der Waals surface area contributed by atoms with E-state index in [0.717, 1.165) is 38.2 Å². The van der Waals surface area contributed by atoms with Gasteiger partial charge in [0.1, 0.15) is 10.6 Å². The Kier molecular flexibility index (Phi) is 5.21. The van der Waals surface area contributed by atoms with Crippen LogP contribution >= 0.6 is 0 Å². The average molecular weight is 449 g/mol. The molecule has 3 aliphatic heterocycles. The normalized spacial score (nSPS) is 26.5. The first-order valence-electron chi connectivity index (χ1n) is 9.89. The Bertz CT molecular complexity index is 921. The number of rotatable bonds is 5. The Labute approximate surface area is 174 Å². The van der Waals surface area contributed by atoms with Crippen molar-refractivity contribution in [2.24, 2.45) is 5.41 Å². The number of halogens is 3. The van der Waals surface area contributed by atoms with Crippen molar-refractivity contribution in [1.82, 2.24) is 14.2 Å². The van der Waals surface area contributed by atoms with Gasteiger partial charge in [0.2, 0.25) is 10.0 Å². The number of likely N-dealkylation sites (tertiary alicyclic amines) is 1. The summed E-state index contributed by atoms with van der Waals surface area (Å²) in [6.45, 7) is 8.88. The van der Waals surface area contributed by atoms with Crippen molar-refractivity contribution in [1.29, 1.82) is 0 Å². The quantitative estimate of drug-likeness (QED) is 0.687. The van der Waals surface area contributed by atoms with Gasteiger partial charge in [0.15, 0.2) is 5.79 Å². The predicted molar refractivity (Wildman–Crippen MR) is 101 cm³/mol. The molecule has 3 saturated heterocycles. The third-order valence-electron chi connectivity index (χ3n) is 5.92. The average Bonchev–Trinajstić information content (AvgIpc) is 2.89. The van der Waals surface area contributed by atoms with Crippen LogP contribution < -0.4 is 0 Å². The summed E-state index contributed by atoms with van der Waals surface area (Å²) in [7, 11) is -3.85. The fraction of sp³-hybridized carbons (Fsp3) is 0.737. The Balaban J connectivity index is 1.29. The van der Waals surface area contributed by atoms with Gasteiger partial charge < -0.3 is 14.4 Å². The minimum atomic E-state index is -4.60. The number of hydrogen-bond donors (Lipinski definition) is 0. The summed E-state index contributed by atoms with van der Waals surface area (Å²) in [5.41, 5.74) is -1.29. The lowest BCUT2D eigenvalue weighted by Gasteiger charge is -2.59. The van der Waals surface area contributed by atoms with Crippen LogP contribution in [0.25, 0.3) is 0 Å². The van der Waals surface area contributed by atoms with E-state index in [1.54, 1.807) is 0 Å². The van der Waals surface area contributed by atoms with Crippen LogP contribution in [-0.4, -0.2) is 73.8 Å². The van der Waals surface area contributed by atoms with E-state index in [9.17, 15) is 21.6 Å². The molecule has 0 amide bonds. The molecule has 30 heavy (non-hydrogen) atoms. The Hall–Kier alpha value is -1.27. The van der Waals surface area contributed by atoms with Crippen LogP contribution in [0.15, 0.2) is 17.0 Å². The lowest BCUT2D eigenvalue weighted by Crippen LogP contribution is -2.72. The number of sulfonamides is 1. The van der Waals surface area contributed by atoms with Crippen molar-refractivity contribution < 1.29 is 31.1 Å². The van der Waals surface area contributed by atoms with Crippen LogP contribution in [-0.2, 0) is 25.7 Å². The summed E-state index contributed by atoms with van der Waals surface area (Å²) in [4.78, 5) is 5.55. The van der Waals surface area contributed by atoms with Gasteiger partial charge in [-0.2, -0.15) is 17.5 Å². The molecule has 0 radical (unpaired) electrons. The number of hydrogen-bond acceptors (Lipinski definition) is 6. The van der Waals surface area contributed by atoms with Gasteiger partial charge >= 0.3 is 6.18 Å². The predicted octanol–water partition coefficient (Wildman–Crippen LogP) is 2.26. The maximum atomic E-state index is 12.8. The Morgan fingerprint density at radius 2 is 1.87 bits per heavy atom. The van der Waals surface area contributed by atoms with E-state index in [1.165, 1.54) is 11.2 Å². The number of nitrogens with zero attached hydrogens (tertiary/aromatic N) is 3. The first kappa shape index (κ1) is 21.9. The molecular formula is C19H26F3N3O4S. The molecule has 4 rings (SSSR count). The van der Waals surface area contributed by atoms with E-state index in [4.69, 9.17) is 9.47 Å². The minimum Gasteiger partial charge on any atom is -0.348 e. The molecule has 1 aromatic heterocycles. The second kappa shape index (κ2) is 7.13.